The van der Waals surface area contributed by atoms with E-state index < -0.39 is 0 Å². The second-order valence-corrected chi connectivity index (χ2v) is 6.54. The van der Waals surface area contributed by atoms with Crippen molar-refractivity contribution in [3.05, 3.63) is 35.9 Å². The molecule has 1 saturated heterocycles. The van der Waals surface area contributed by atoms with Gasteiger partial charge in [0.2, 0.25) is 5.91 Å². The van der Waals surface area contributed by atoms with Crippen LogP contribution in [0.1, 0.15) is 24.8 Å². The topological polar surface area (TPSA) is 23.6 Å². The summed E-state index contributed by atoms with van der Waals surface area (Å²) in [6.07, 6.45) is 3.76. The van der Waals surface area contributed by atoms with Crippen LogP contribution in [0.2, 0.25) is 0 Å². The summed E-state index contributed by atoms with van der Waals surface area (Å²) >= 11 is 5.65. The summed E-state index contributed by atoms with van der Waals surface area (Å²) in [5.41, 5.74) is 1.39. The largest absolute Gasteiger partial charge is 0.341 e. The lowest BCUT2D eigenvalue weighted by atomic mass is 10.1. The number of halogens is 1. The van der Waals surface area contributed by atoms with E-state index in [2.05, 4.69) is 35.2 Å². The summed E-state index contributed by atoms with van der Waals surface area (Å²) in [5.74, 6) is 0.796. The van der Waals surface area contributed by atoms with Crippen molar-refractivity contribution in [2.24, 2.45) is 5.92 Å². The third kappa shape index (κ3) is 3.98. The molecular formula is C17H23ClN2O. The van der Waals surface area contributed by atoms with Gasteiger partial charge in [-0.2, -0.15) is 0 Å². The number of amides is 1. The molecule has 2 fully saturated rings. The molecule has 3 rings (SSSR count). The quantitative estimate of drug-likeness (QED) is 0.755. The molecule has 0 radical (unpaired) electrons. The molecule has 0 unspecified atom stereocenters. The zero-order valence-electron chi connectivity index (χ0n) is 12.4. The van der Waals surface area contributed by atoms with E-state index in [-0.39, 0.29) is 11.8 Å². The van der Waals surface area contributed by atoms with Gasteiger partial charge in [-0.25, -0.2) is 0 Å². The highest BCUT2D eigenvalue weighted by atomic mass is 35.5. The molecule has 0 N–H and O–H groups in total. The number of rotatable bonds is 6. The van der Waals surface area contributed by atoms with Gasteiger partial charge in [-0.3, -0.25) is 9.69 Å². The number of benzene rings is 1. The van der Waals surface area contributed by atoms with Crippen LogP contribution in [0.3, 0.4) is 0 Å². The highest BCUT2D eigenvalue weighted by Crippen LogP contribution is 2.30. The standard InChI is InChI=1S/C17H23ClN2O/c18-10-17(21)19-9-8-15(12-19)13-20(16-6-7-16)11-14-4-2-1-3-5-14/h1-5,15-16H,6-13H2/t15-/m1/s1. The van der Waals surface area contributed by atoms with E-state index in [1.165, 1.54) is 18.4 Å². The van der Waals surface area contributed by atoms with Crippen molar-refractivity contribution in [2.45, 2.75) is 31.8 Å². The Morgan fingerprint density at radius 2 is 2.00 bits per heavy atom. The molecular weight excluding hydrogens is 284 g/mol. The zero-order chi connectivity index (χ0) is 14.7. The monoisotopic (exact) mass is 306 g/mol. The van der Waals surface area contributed by atoms with Crippen LogP contribution in [0.15, 0.2) is 30.3 Å². The molecule has 1 aromatic rings. The number of alkyl halides is 1. The van der Waals surface area contributed by atoms with E-state index in [1.54, 1.807) is 0 Å². The van der Waals surface area contributed by atoms with Gasteiger partial charge in [0.25, 0.3) is 0 Å². The predicted molar refractivity (Wildman–Crippen MR) is 85.3 cm³/mol. The van der Waals surface area contributed by atoms with Crippen molar-refractivity contribution >= 4 is 17.5 Å². The number of likely N-dealkylation sites (tertiary alicyclic amines) is 1. The molecule has 1 amide bonds. The highest BCUT2D eigenvalue weighted by molar-refractivity contribution is 6.27. The van der Waals surface area contributed by atoms with Crippen LogP contribution in [-0.2, 0) is 11.3 Å². The van der Waals surface area contributed by atoms with Gasteiger partial charge in [-0.1, -0.05) is 30.3 Å². The lowest BCUT2D eigenvalue weighted by Gasteiger charge is -2.25. The van der Waals surface area contributed by atoms with E-state index >= 15 is 0 Å². The number of nitrogens with zero attached hydrogens (tertiary/aromatic N) is 2. The molecule has 0 aromatic heterocycles. The fourth-order valence-corrected chi connectivity index (χ4v) is 3.39. The second-order valence-electron chi connectivity index (χ2n) is 6.27. The van der Waals surface area contributed by atoms with Crippen LogP contribution in [0, 0.1) is 5.92 Å². The van der Waals surface area contributed by atoms with Crippen LogP contribution in [0.4, 0.5) is 0 Å². The minimum Gasteiger partial charge on any atom is -0.341 e. The fourth-order valence-electron chi connectivity index (χ4n) is 3.22. The summed E-state index contributed by atoms with van der Waals surface area (Å²) in [6.45, 7) is 3.89. The van der Waals surface area contributed by atoms with E-state index in [9.17, 15) is 4.79 Å². The molecule has 0 spiro atoms. The molecule has 1 aliphatic carbocycles. The van der Waals surface area contributed by atoms with Gasteiger partial charge in [-0.05, 0) is 30.7 Å². The molecule has 114 valence electrons. The Bertz CT molecular complexity index is 475. The Hall–Kier alpha value is -1.06. The first-order chi connectivity index (χ1) is 10.3. The predicted octanol–water partition coefficient (Wildman–Crippen LogP) is 2.74. The molecule has 3 nitrogen and oxygen atoms in total. The van der Waals surface area contributed by atoms with Crippen molar-refractivity contribution in [3.63, 3.8) is 0 Å². The number of carbonyl (C=O) groups excluding carboxylic acids is 1. The smallest absolute Gasteiger partial charge is 0.237 e. The molecule has 1 saturated carbocycles. The maximum absolute atomic E-state index is 11.7. The third-order valence-corrected chi connectivity index (χ3v) is 4.77. The third-order valence-electron chi connectivity index (χ3n) is 4.54. The van der Waals surface area contributed by atoms with Gasteiger partial charge in [0, 0.05) is 32.2 Å². The van der Waals surface area contributed by atoms with Gasteiger partial charge < -0.3 is 4.90 Å². The maximum atomic E-state index is 11.7. The van der Waals surface area contributed by atoms with E-state index in [0.29, 0.717) is 5.92 Å². The number of hydrogen-bond acceptors (Lipinski definition) is 2. The SMILES string of the molecule is O=C(CCl)N1CC[C@@H](CN(Cc2ccccc2)C2CC2)C1. The Kier molecular flexibility index (Phi) is 4.81. The first-order valence-corrected chi connectivity index (χ1v) is 8.41. The lowest BCUT2D eigenvalue weighted by molar-refractivity contribution is -0.127. The van der Waals surface area contributed by atoms with E-state index in [0.717, 1.165) is 38.6 Å². The average Bonchev–Trinajstić information content (AvgIpc) is 3.26. The van der Waals surface area contributed by atoms with Gasteiger partial charge in [0.15, 0.2) is 0 Å². The van der Waals surface area contributed by atoms with Gasteiger partial charge >= 0.3 is 0 Å². The molecule has 2 aliphatic rings. The Morgan fingerprint density at radius 1 is 1.24 bits per heavy atom. The van der Waals surface area contributed by atoms with E-state index in [4.69, 9.17) is 11.6 Å². The number of carbonyl (C=O) groups is 1. The van der Waals surface area contributed by atoms with E-state index in [1.807, 2.05) is 4.90 Å². The summed E-state index contributed by atoms with van der Waals surface area (Å²) in [7, 11) is 0. The fraction of sp³-hybridized carbons (Fsp3) is 0.588. The molecule has 1 heterocycles. The van der Waals surface area contributed by atoms with Crippen LogP contribution in [0.25, 0.3) is 0 Å². The van der Waals surface area contributed by atoms with Crippen molar-refractivity contribution < 1.29 is 4.79 Å². The van der Waals surface area contributed by atoms with Crippen molar-refractivity contribution in [1.82, 2.24) is 9.80 Å². The van der Waals surface area contributed by atoms with Gasteiger partial charge in [0.05, 0.1) is 0 Å². The summed E-state index contributed by atoms with van der Waals surface area (Å²) in [6, 6.07) is 11.4. The second kappa shape index (κ2) is 6.80. The van der Waals surface area contributed by atoms with Gasteiger partial charge in [-0.15, -0.1) is 11.6 Å². The number of hydrogen-bond donors (Lipinski definition) is 0. The van der Waals surface area contributed by atoms with Crippen LogP contribution >= 0.6 is 11.6 Å². The molecule has 1 atom stereocenters. The Balaban J connectivity index is 1.55. The minimum absolute atomic E-state index is 0.0835. The highest BCUT2D eigenvalue weighted by Gasteiger charge is 2.33. The van der Waals surface area contributed by atoms with Crippen molar-refractivity contribution in [3.8, 4) is 0 Å². The maximum Gasteiger partial charge on any atom is 0.237 e. The van der Waals surface area contributed by atoms with Gasteiger partial charge in [0.1, 0.15) is 5.88 Å². The first kappa shape index (κ1) is 14.9. The molecule has 4 heteroatoms. The average molecular weight is 307 g/mol. The van der Waals surface area contributed by atoms with Crippen LogP contribution in [0.5, 0.6) is 0 Å². The summed E-state index contributed by atoms with van der Waals surface area (Å²) in [4.78, 5) is 16.2. The van der Waals surface area contributed by atoms with Crippen molar-refractivity contribution in [2.75, 3.05) is 25.5 Å². The van der Waals surface area contributed by atoms with Crippen LogP contribution in [-0.4, -0.2) is 47.3 Å². The normalized spacial score (nSPS) is 22.0. The first-order valence-electron chi connectivity index (χ1n) is 7.88. The molecule has 0 bridgehead atoms. The minimum atomic E-state index is 0.0835. The Labute approximate surface area is 131 Å². The molecule has 1 aromatic carbocycles. The molecule has 21 heavy (non-hydrogen) atoms. The lowest BCUT2D eigenvalue weighted by Crippen LogP contribution is -2.34. The Morgan fingerprint density at radius 3 is 2.67 bits per heavy atom. The summed E-state index contributed by atoms with van der Waals surface area (Å²) < 4.78 is 0. The summed E-state index contributed by atoms with van der Waals surface area (Å²) in [5, 5.41) is 0. The van der Waals surface area contributed by atoms with Crippen LogP contribution < -0.4 is 0 Å². The zero-order valence-corrected chi connectivity index (χ0v) is 13.1. The molecule has 1 aliphatic heterocycles. The van der Waals surface area contributed by atoms with Crippen molar-refractivity contribution in [1.29, 1.82) is 0 Å².